The Morgan fingerprint density at radius 3 is 2.50 bits per heavy atom. The third kappa shape index (κ3) is 1.33. The molecule has 0 radical (unpaired) electrons. The normalized spacial score (nSPS) is 26.4. The number of nitrogens with one attached hydrogen (secondary N) is 1. The van der Waals surface area contributed by atoms with Crippen molar-refractivity contribution in [3.63, 3.8) is 0 Å². The lowest BCUT2D eigenvalue weighted by Crippen LogP contribution is -2.29. The number of hydrogen-bond acceptors (Lipinski definition) is 2. The number of carbonyl (C=O) groups excluding carboxylic acids is 1. The van der Waals surface area contributed by atoms with Crippen molar-refractivity contribution in [2.75, 3.05) is 7.05 Å². The topological polar surface area (TPSA) is 52.6 Å². The van der Waals surface area contributed by atoms with Crippen LogP contribution in [0.15, 0.2) is 30.3 Å². The van der Waals surface area contributed by atoms with E-state index in [1.165, 1.54) is 4.90 Å². The maximum atomic E-state index is 11.2. The van der Waals surface area contributed by atoms with E-state index in [2.05, 4.69) is 5.32 Å². The van der Waals surface area contributed by atoms with Gasteiger partial charge in [0.2, 0.25) is 0 Å². The van der Waals surface area contributed by atoms with Crippen LogP contribution in [0.3, 0.4) is 0 Å². The summed E-state index contributed by atoms with van der Waals surface area (Å²) in [6.45, 7) is 0. The smallest absolute Gasteiger partial charge is 0.319 e. The van der Waals surface area contributed by atoms with Crippen LogP contribution in [0.5, 0.6) is 0 Å². The van der Waals surface area contributed by atoms with Crippen LogP contribution >= 0.6 is 0 Å². The zero-order valence-electron chi connectivity index (χ0n) is 7.84. The SMILES string of the molecule is CN1C(=O)NC(c2ccccc2)C1O. The number of aliphatic hydroxyl groups excluding tert-OH is 1. The van der Waals surface area contributed by atoms with E-state index < -0.39 is 6.23 Å². The minimum Gasteiger partial charge on any atom is -0.371 e. The highest BCUT2D eigenvalue weighted by molar-refractivity contribution is 5.77. The van der Waals surface area contributed by atoms with Gasteiger partial charge in [0, 0.05) is 7.05 Å². The van der Waals surface area contributed by atoms with Crippen molar-refractivity contribution >= 4 is 6.03 Å². The summed E-state index contributed by atoms with van der Waals surface area (Å²) in [5.41, 5.74) is 0.915. The molecule has 1 saturated heterocycles. The van der Waals surface area contributed by atoms with Gasteiger partial charge in [0.1, 0.15) is 6.04 Å². The highest BCUT2D eigenvalue weighted by Crippen LogP contribution is 2.23. The zero-order chi connectivity index (χ0) is 10.1. The number of rotatable bonds is 1. The van der Waals surface area contributed by atoms with Gasteiger partial charge in [-0.1, -0.05) is 30.3 Å². The van der Waals surface area contributed by atoms with Gasteiger partial charge in [-0.05, 0) is 5.56 Å². The maximum Gasteiger partial charge on any atom is 0.319 e. The van der Waals surface area contributed by atoms with Gasteiger partial charge < -0.3 is 10.4 Å². The van der Waals surface area contributed by atoms with E-state index in [4.69, 9.17) is 0 Å². The summed E-state index contributed by atoms with van der Waals surface area (Å²) < 4.78 is 0. The molecule has 1 heterocycles. The molecule has 4 heteroatoms. The molecule has 2 unspecified atom stereocenters. The van der Waals surface area contributed by atoms with Crippen LogP contribution in [0.1, 0.15) is 11.6 Å². The molecule has 1 fully saturated rings. The van der Waals surface area contributed by atoms with Crippen molar-refractivity contribution in [2.24, 2.45) is 0 Å². The zero-order valence-corrected chi connectivity index (χ0v) is 7.84. The molecule has 0 saturated carbocycles. The molecule has 2 amide bonds. The predicted octanol–water partition coefficient (Wildman–Crippen LogP) is 0.701. The fourth-order valence-corrected chi connectivity index (χ4v) is 1.57. The molecule has 0 aliphatic carbocycles. The summed E-state index contributed by atoms with van der Waals surface area (Å²) in [6, 6.07) is 8.86. The van der Waals surface area contributed by atoms with Gasteiger partial charge in [0.05, 0.1) is 0 Å². The van der Waals surface area contributed by atoms with Crippen LogP contribution in [0.25, 0.3) is 0 Å². The Kier molecular flexibility index (Phi) is 2.13. The number of benzene rings is 1. The predicted molar refractivity (Wildman–Crippen MR) is 51.5 cm³/mol. The van der Waals surface area contributed by atoms with E-state index in [9.17, 15) is 9.90 Å². The molecule has 1 aromatic rings. The van der Waals surface area contributed by atoms with Crippen LogP contribution in [0.4, 0.5) is 4.79 Å². The Morgan fingerprint density at radius 2 is 2.00 bits per heavy atom. The van der Waals surface area contributed by atoms with Crippen LogP contribution in [-0.4, -0.2) is 29.3 Å². The number of aliphatic hydroxyl groups is 1. The molecule has 4 nitrogen and oxygen atoms in total. The number of nitrogens with zero attached hydrogens (tertiary/aromatic N) is 1. The van der Waals surface area contributed by atoms with Crippen molar-refractivity contribution in [2.45, 2.75) is 12.3 Å². The van der Waals surface area contributed by atoms with Crippen LogP contribution in [0, 0.1) is 0 Å². The summed E-state index contributed by atoms with van der Waals surface area (Å²) >= 11 is 0. The Labute approximate surface area is 82.2 Å². The van der Waals surface area contributed by atoms with Gasteiger partial charge in [-0.15, -0.1) is 0 Å². The molecule has 14 heavy (non-hydrogen) atoms. The number of likely N-dealkylation sites (N-methyl/N-ethyl adjacent to an activating group) is 1. The van der Waals surface area contributed by atoms with E-state index in [1.54, 1.807) is 7.05 Å². The second-order valence-electron chi connectivity index (χ2n) is 3.36. The number of carbonyl (C=O) groups is 1. The van der Waals surface area contributed by atoms with E-state index in [0.717, 1.165) is 5.56 Å². The maximum absolute atomic E-state index is 11.2. The summed E-state index contributed by atoms with van der Waals surface area (Å²) in [6.07, 6.45) is -0.787. The quantitative estimate of drug-likeness (QED) is 0.688. The van der Waals surface area contributed by atoms with E-state index in [1.807, 2.05) is 30.3 Å². The van der Waals surface area contributed by atoms with Crippen molar-refractivity contribution in [1.82, 2.24) is 10.2 Å². The van der Waals surface area contributed by atoms with Gasteiger partial charge in [0.15, 0.2) is 6.23 Å². The first-order valence-electron chi connectivity index (χ1n) is 4.46. The van der Waals surface area contributed by atoms with E-state index in [-0.39, 0.29) is 12.1 Å². The Hall–Kier alpha value is -1.55. The highest BCUT2D eigenvalue weighted by atomic mass is 16.3. The number of amides is 2. The molecule has 1 aromatic carbocycles. The highest BCUT2D eigenvalue weighted by Gasteiger charge is 2.36. The summed E-state index contributed by atoms with van der Waals surface area (Å²) in [7, 11) is 1.57. The molecule has 2 rings (SSSR count). The van der Waals surface area contributed by atoms with Crippen molar-refractivity contribution in [3.05, 3.63) is 35.9 Å². The summed E-state index contributed by atoms with van der Waals surface area (Å²) in [5, 5.41) is 12.4. The Balaban J connectivity index is 2.26. The lowest BCUT2D eigenvalue weighted by Gasteiger charge is -2.17. The lowest BCUT2D eigenvalue weighted by atomic mass is 10.1. The van der Waals surface area contributed by atoms with E-state index in [0.29, 0.717) is 0 Å². The lowest BCUT2D eigenvalue weighted by molar-refractivity contribution is 0.0561. The molecule has 1 aliphatic heterocycles. The monoisotopic (exact) mass is 192 g/mol. The van der Waals surface area contributed by atoms with Crippen LogP contribution in [0.2, 0.25) is 0 Å². The van der Waals surface area contributed by atoms with Gasteiger partial charge in [-0.25, -0.2) is 4.79 Å². The molecule has 2 N–H and O–H groups in total. The molecule has 1 aliphatic rings. The van der Waals surface area contributed by atoms with Crippen LogP contribution < -0.4 is 5.32 Å². The minimum absolute atomic E-state index is 0.244. The minimum atomic E-state index is -0.787. The Bertz CT molecular complexity index is 339. The molecule has 0 aromatic heterocycles. The molecule has 2 atom stereocenters. The number of hydrogen-bond donors (Lipinski definition) is 2. The fraction of sp³-hybridized carbons (Fsp3) is 0.300. The van der Waals surface area contributed by atoms with Gasteiger partial charge in [-0.2, -0.15) is 0 Å². The molecule has 74 valence electrons. The first-order chi connectivity index (χ1) is 6.70. The summed E-state index contributed by atoms with van der Waals surface area (Å²) in [5.74, 6) is 0. The first kappa shape index (κ1) is 9.02. The van der Waals surface area contributed by atoms with Crippen LogP contribution in [-0.2, 0) is 0 Å². The average molecular weight is 192 g/mol. The average Bonchev–Trinajstić information content (AvgIpc) is 2.47. The fourth-order valence-electron chi connectivity index (χ4n) is 1.57. The molecule has 0 spiro atoms. The van der Waals surface area contributed by atoms with E-state index >= 15 is 0 Å². The van der Waals surface area contributed by atoms with Crippen molar-refractivity contribution in [1.29, 1.82) is 0 Å². The summed E-state index contributed by atoms with van der Waals surface area (Å²) in [4.78, 5) is 12.5. The number of urea groups is 1. The Morgan fingerprint density at radius 1 is 1.36 bits per heavy atom. The van der Waals surface area contributed by atoms with Gasteiger partial charge in [0.25, 0.3) is 0 Å². The van der Waals surface area contributed by atoms with Gasteiger partial charge in [-0.3, -0.25) is 4.90 Å². The largest absolute Gasteiger partial charge is 0.371 e. The second kappa shape index (κ2) is 3.31. The second-order valence-corrected chi connectivity index (χ2v) is 3.36. The standard InChI is InChI=1S/C10H12N2O2/c1-12-9(13)8(11-10(12)14)7-5-3-2-4-6-7/h2-6,8-9,13H,1H3,(H,11,14). The molecule has 0 bridgehead atoms. The van der Waals surface area contributed by atoms with Crippen molar-refractivity contribution < 1.29 is 9.90 Å². The third-order valence-electron chi connectivity index (χ3n) is 2.45. The molecular formula is C10H12N2O2. The van der Waals surface area contributed by atoms with Crippen molar-refractivity contribution in [3.8, 4) is 0 Å². The third-order valence-corrected chi connectivity index (χ3v) is 2.45. The van der Waals surface area contributed by atoms with Gasteiger partial charge >= 0.3 is 6.03 Å². The first-order valence-corrected chi connectivity index (χ1v) is 4.46. The molecular weight excluding hydrogens is 180 g/mol.